The van der Waals surface area contributed by atoms with E-state index in [9.17, 15) is 14.4 Å². The van der Waals surface area contributed by atoms with Gasteiger partial charge in [-0.2, -0.15) is 0 Å². The molecule has 0 aromatic heterocycles. The molecule has 7 nitrogen and oxygen atoms in total. The van der Waals surface area contributed by atoms with E-state index in [1.165, 1.54) is 17.0 Å². The Balaban J connectivity index is 1.72. The zero-order valence-electron chi connectivity index (χ0n) is 14.1. The van der Waals surface area contributed by atoms with Crippen LogP contribution in [0, 0.1) is 0 Å². The van der Waals surface area contributed by atoms with Crippen LogP contribution in [0.2, 0.25) is 0 Å². The molecule has 1 aliphatic heterocycles. The highest BCUT2D eigenvalue weighted by Crippen LogP contribution is 2.33. The summed E-state index contributed by atoms with van der Waals surface area (Å²) >= 11 is 0. The van der Waals surface area contributed by atoms with Gasteiger partial charge in [-0.25, -0.2) is 5.48 Å². The lowest BCUT2D eigenvalue weighted by molar-refractivity contribution is 0.0597. The number of hydrogen-bond acceptors (Lipinski definition) is 5. The number of nitrogen functional groups attached to an aromatic ring is 1. The molecule has 0 fully saturated rings. The fraction of sp³-hybridized carbons (Fsp3) is 0.0500. The third-order valence-corrected chi connectivity index (χ3v) is 4.68. The minimum absolute atomic E-state index is 0.0683. The van der Waals surface area contributed by atoms with E-state index in [0.717, 1.165) is 0 Å². The fourth-order valence-electron chi connectivity index (χ4n) is 3.32. The summed E-state index contributed by atoms with van der Waals surface area (Å²) in [4.78, 5) is 38.4. The van der Waals surface area contributed by atoms with Crippen molar-refractivity contribution in [1.29, 1.82) is 0 Å². The lowest BCUT2D eigenvalue weighted by Gasteiger charge is -2.27. The fourth-order valence-corrected chi connectivity index (χ4v) is 3.32. The number of nitrogens with two attached hydrogens (primary N) is 1. The monoisotopic (exact) mass is 361 g/mol. The van der Waals surface area contributed by atoms with E-state index in [2.05, 4.69) is 0 Å². The molecule has 3 aromatic rings. The summed E-state index contributed by atoms with van der Waals surface area (Å²) < 4.78 is 0. The number of benzene rings is 3. The molecule has 4 N–H and O–H groups in total. The van der Waals surface area contributed by atoms with Crippen molar-refractivity contribution in [3.63, 3.8) is 0 Å². The van der Waals surface area contributed by atoms with E-state index in [1.807, 2.05) is 0 Å². The van der Waals surface area contributed by atoms with Gasteiger partial charge in [0.1, 0.15) is 0 Å². The van der Waals surface area contributed by atoms with E-state index < -0.39 is 5.91 Å². The van der Waals surface area contributed by atoms with E-state index in [1.54, 1.807) is 47.9 Å². The second-order valence-electron chi connectivity index (χ2n) is 6.26. The molecule has 0 spiro atoms. The Morgan fingerprint density at radius 3 is 2.30 bits per heavy atom. The maximum atomic E-state index is 12.9. The van der Waals surface area contributed by atoms with Crippen molar-refractivity contribution in [2.24, 2.45) is 0 Å². The average molecular weight is 361 g/mol. The summed E-state index contributed by atoms with van der Waals surface area (Å²) in [5.41, 5.74) is 9.87. The van der Waals surface area contributed by atoms with Crippen LogP contribution in [-0.2, 0) is 6.54 Å². The molecule has 0 bridgehead atoms. The van der Waals surface area contributed by atoms with Crippen molar-refractivity contribution < 1.29 is 19.6 Å². The Bertz CT molecular complexity index is 1080. The molecule has 3 amide bonds. The van der Waals surface area contributed by atoms with Gasteiger partial charge in [-0.3, -0.25) is 24.5 Å². The third kappa shape index (κ3) is 2.61. The van der Waals surface area contributed by atoms with Crippen molar-refractivity contribution in [3.8, 4) is 0 Å². The first kappa shape index (κ1) is 16.7. The number of nitrogens with zero attached hydrogens (tertiary/aromatic N) is 1. The molecule has 7 heteroatoms. The highest BCUT2D eigenvalue weighted by atomic mass is 16.5. The molecular weight excluding hydrogens is 346 g/mol. The predicted molar refractivity (Wildman–Crippen MR) is 98.3 cm³/mol. The highest BCUT2D eigenvalue weighted by Gasteiger charge is 2.33. The second kappa shape index (κ2) is 6.22. The number of amides is 3. The van der Waals surface area contributed by atoms with Crippen molar-refractivity contribution in [1.82, 2.24) is 10.4 Å². The molecular formula is C20H15N3O4. The Kier molecular flexibility index (Phi) is 3.86. The van der Waals surface area contributed by atoms with Crippen LogP contribution in [0.1, 0.15) is 36.6 Å². The van der Waals surface area contributed by atoms with Gasteiger partial charge in [0, 0.05) is 33.2 Å². The number of hydroxylamine groups is 1. The minimum atomic E-state index is -0.634. The molecule has 0 radical (unpaired) electrons. The minimum Gasteiger partial charge on any atom is -0.398 e. The van der Waals surface area contributed by atoms with Crippen LogP contribution in [0.25, 0.3) is 10.8 Å². The first-order chi connectivity index (χ1) is 13.0. The normalized spacial score (nSPS) is 13.1. The van der Waals surface area contributed by atoms with E-state index >= 15 is 0 Å². The maximum absolute atomic E-state index is 12.9. The van der Waals surface area contributed by atoms with Gasteiger partial charge in [0.05, 0.1) is 6.54 Å². The van der Waals surface area contributed by atoms with E-state index in [0.29, 0.717) is 33.2 Å². The standard InChI is InChI=1S/C20H15N3O4/c21-16-9-8-15-17-13(16)2-1-3-14(17)19(25)23(20(15)26)10-11-4-6-12(7-5-11)18(24)22-27/h1-9,27H,10,21H2,(H,22,24). The first-order valence-corrected chi connectivity index (χ1v) is 8.22. The van der Waals surface area contributed by atoms with Crippen molar-refractivity contribution in [2.75, 3.05) is 5.73 Å². The molecule has 4 rings (SSSR count). The van der Waals surface area contributed by atoms with Gasteiger partial charge in [-0.05, 0) is 35.9 Å². The molecule has 0 saturated carbocycles. The lowest BCUT2D eigenvalue weighted by Crippen LogP contribution is -2.39. The number of imide groups is 1. The molecule has 3 aromatic carbocycles. The van der Waals surface area contributed by atoms with Crippen molar-refractivity contribution >= 4 is 34.2 Å². The lowest BCUT2D eigenvalue weighted by atomic mass is 9.93. The Morgan fingerprint density at radius 2 is 1.63 bits per heavy atom. The summed E-state index contributed by atoms with van der Waals surface area (Å²) in [6, 6.07) is 14.8. The summed E-state index contributed by atoms with van der Waals surface area (Å²) in [7, 11) is 0. The van der Waals surface area contributed by atoms with Gasteiger partial charge in [0.2, 0.25) is 0 Å². The molecule has 1 heterocycles. The molecule has 1 aliphatic rings. The molecule has 0 atom stereocenters. The third-order valence-electron chi connectivity index (χ3n) is 4.68. The number of carbonyl (C=O) groups is 3. The van der Waals surface area contributed by atoms with Gasteiger partial charge < -0.3 is 5.73 Å². The number of anilines is 1. The molecule has 0 unspecified atom stereocenters. The molecule has 134 valence electrons. The summed E-state index contributed by atoms with van der Waals surface area (Å²) in [5.74, 6) is -1.41. The second-order valence-corrected chi connectivity index (χ2v) is 6.26. The van der Waals surface area contributed by atoms with Crippen LogP contribution in [0.5, 0.6) is 0 Å². The molecule has 0 aliphatic carbocycles. The van der Waals surface area contributed by atoms with Gasteiger partial charge in [-0.15, -0.1) is 0 Å². The molecule has 0 saturated heterocycles. The summed E-state index contributed by atoms with van der Waals surface area (Å²) in [6.07, 6.45) is 0. The molecule has 27 heavy (non-hydrogen) atoms. The van der Waals surface area contributed by atoms with Gasteiger partial charge >= 0.3 is 0 Å². The van der Waals surface area contributed by atoms with Gasteiger partial charge in [-0.1, -0.05) is 24.3 Å². The van der Waals surface area contributed by atoms with Crippen LogP contribution in [0.3, 0.4) is 0 Å². The first-order valence-electron chi connectivity index (χ1n) is 8.22. The Labute approximate surface area is 154 Å². The largest absolute Gasteiger partial charge is 0.398 e. The highest BCUT2D eigenvalue weighted by molar-refractivity contribution is 6.26. The summed E-state index contributed by atoms with van der Waals surface area (Å²) in [5, 5.41) is 9.93. The summed E-state index contributed by atoms with van der Waals surface area (Å²) in [6.45, 7) is 0.0683. The van der Waals surface area contributed by atoms with Crippen LogP contribution >= 0.6 is 0 Å². The zero-order chi connectivity index (χ0) is 19.1. The number of nitrogens with one attached hydrogen (secondary N) is 1. The average Bonchev–Trinajstić information content (AvgIpc) is 2.70. The van der Waals surface area contributed by atoms with Crippen LogP contribution in [0.15, 0.2) is 54.6 Å². The topological polar surface area (TPSA) is 113 Å². The van der Waals surface area contributed by atoms with Crippen LogP contribution in [-0.4, -0.2) is 27.8 Å². The van der Waals surface area contributed by atoms with Gasteiger partial charge in [0.15, 0.2) is 0 Å². The van der Waals surface area contributed by atoms with Gasteiger partial charge in [0.25, 0.3) is 17.7 Å². The Morgan fingerprint density at radius 1 is 0.963 bits per heavy atom. The van der Waals surface area contributed by atoms with E-state index in [-0.39, 0.29) is 23.9 Å². The van der Waals surface area contributed by atoms with E-state index in [4.69, 9.17) is 10.9 Å². The maximum Gasteiger partial charge on any atom is 0.274 e. The SMILES string of the molecule is Nc1ccc2c3c(cccc13)C(=O)N(Cc1ccc(C(=O)NO)cc1)C2=O. The number of carbonyl (C=O) groups excluding carboxylic acids is 3. The van der Waals surface area contributed by atoms with Crippen LogP contribution < -0.4 is 11.2 Å². The van der Waals surface area contributed by atoms with Crippen molar-refractivity contribution in [2.45, 2.75) is 6.54 Å². The predicted octanol–water partition coefficient (Wildman–Crippen LogP) is 2.34. The number of rotatable bonds is 3. The van der Waals surface area contributed by atoms with Crippen LogP contribution in [0.4, 0.5) is 5.69 Å². The number of hydrogen-bond donors (Lipinski definition) is 3. The zero-order valence-corrected chi connectivity index (χ0v) is 14.1. The Hall–Kier alpha value is -3.71. The quantitative estimate of drug-likeness (QED) is 0.287. The smallest absolute Gasteiger partial charge is 0.274 e. The van der Waals surface area contributed by atoms with Crippen molar-refractivity contribution in [3.05, 3.63) is 76.9 Å².